The van der Waals surface area contributed by atoms with Crippen LogP contribution >= 0.6 is 0 Å². The first kappa shape index (κ1) is 12.5. The van der Waals surface area contributed by atoms with Crippen LogP contribution in [0.2, 0.25) is 0 Å². The van der Waals surface area contributed by atoms with Gasteiger partial charge in [0.1, 0.15) is 5.82 Å². The Morgan fingerprint density at radius 3 is 2.41 bits per heavy atom. The van der Waals surface area contributed by atoms with Crippen LogP contribution in [-0.4, -0.2) is 12.6 Å². The predicted octanol–water partition coefficient (Wildman–Crippen LogP) is 2.75. The van der Waals surface area contributed by atoms with Crippen LogP contribution < -0.4 is 11.1 Å². The van der Waals surface area contributed by atoms with Crippen molar-refractivity contribution in [2.75, 3.05) is 6.54 Å². The summed E-state index contributed by atoms with van der Waals surface area (Å²) in [5.74, 6) is -0.192. The van der Waals surface area contributed by atoms with Gasteiger partial charge in [-0.25, -0.2) is 4.39 Å². The largest absolute Gasteiger partial charge is 0.329 e. The molecule has 0 spiro atoms. The predicted molar refractivity (Wildman–Crippen MR) is 68.2 cm³/mol. The van der Waals surface area contributed by atoms with Crippen molar-refractivity contribution in [3.8, 4) is 0 Å². The van der Waals surface area contributed by atoms with Gasteiger partial charge in [-0.3, -0.25) is 0 Å². The lowest BCUT2D eigenvalue weighted by Gasteiger charge is -2.28. The quantitative estimate of drug-likeness (QED) is 0.843. The SMILES string of the molecule is NCC(NC1CCCCC1)c1ccc(F)cc1. The van der Waals surface area contributed by atoms with Crippen LogP contribution in [-0.2, 0) is 0 Å². The van der Waals surface area contributed by atoms with Crippen LogP contribution in [0.1, 0.15) is 43.7 Å². The first-order chi connectivity index (χ1) is 8.29. The maximum absolute atomic E-state index is 12.9. The average molecular weight is 236 g/mol. The van der Waals surface area contributed by atoms with Gasteiger partial charge in [0.15, 0.2) is 0 Å². The lowest BCUT2D eigenvalue weighted by atomic mass is 9.94. The van der Waals surface area contributed by atoms with E-state index in [1.54, 1.807) is 0 Å². The minimum Gasteiger partial charge on any atom is -0.329 e. The molecule has 17 heavy (non-hydrogen) atoms. The molecule has 0 saturated heterocycles. The summed E-state index contributed by atoms with van der Waals surface area (Å²) in [5, 5.41) is 3.59. The number of nitrogens with one attached hydrogen (secondary N) is 1. The molecule has 0 aromatic heterocycles. The molecule has 0 bridgehead atoms. The Labute approximate surface area is 102 Å². The Bertz CT molecular complexity index is 331. The summed E-state index contributed by atoms with van der Waals surface area (Å²) in [7, 11) is 0. The molecular weight excluding hydrogens is 215 g/mol. The molecular formula is C14H21FN2. The summed E-state index contributed by atoms with van der Waals surface area (Å²) in [6, 6.07) is 7.37. The van der Waals surface area contributed by atoms with Gasteiger partial charge >= 0.3 is 0 Å². The van der Waals surface area contributed by atoms with Crippen molar-refractivity contribution in [3.05, 3.63) is 35.6 Å². The van der Waals surface area contributed by atoms with Crippen LogP contribution in [0.15, 0.2) is 24.3 Å². The minimum atomic E-state index is -0.192. The molecule has 0 amide bonds. The maximum atomic E-state index is 12.9. The number of halogens is 1. The fourth-order valence-corrected chi connectivity index (χ4v) is 2.55. The number of nitrogens with two attached hydrogens (primary N) is 1. The number of rotatable bonds is 4. The summed E-state index contributed by atoms with van der Waals surface area (Å²) in [6.07, 6.45) is 6.42. The lowest BCUT2D eigenvalue weighted by Crippen LogP contribution is -2.37. The van der Waals surface area contributed by atoms with E-state index in [0.717, 1.165) is 5.56 Å². The summed E-state index contributed by atoms with van der Waals surface area (Å²) in [4.78, 5) is 0. The molecule has 1 unspecified atom stereocenters. The highest BCUT2D eigenvalue weighted by Gasteiger charge is 2.18. The number of hydrogen-bond acceptors (Lipinski definition) is 2. The molecule has 94 valence electrons. The van der Waals surface area contributed by atoms with Gasteiger partial charge in [0.2, 0.25) is 0 Å². The van der Waals surface area contributed by atoms with Crippen molar-refractivity contribution in [1.82, 2.24) is 5.32 Å². The third-order valence-electron chi connectivity index (χ3n) is 3.55. The maximum Gasteiger partial charge on any atom is 0.123 e. The van der Waals surface area contributed by atoms with Crippen molar-refractivity contribution in [3.63, 3.8) is 0 Å². The van der Waals surface area contributed by atoms with E-state index in [1.165, 1.54) is 44.2 Å². The fourth-order valence-electron chi connectivity index (χ4n) is 2.55. The van der Waals surface area contributed by atoms with Crippen molar-refractivity contribution >= 4 is 0 Å². The third kappa shape index (κ3) is 3.51. The van der Waals surface area contributed by atoms with Gasteiger partial charge < -0.3 is 11.1 Å². The highest BCUT2D eigenvalue weighted by atomic mass is 19.1. The van der Waals surface area contributed by atoms with Crippen LogP contribution in [0, 0.1) is 5.82 Å². The minimum absolute atomic E-state index is 0.152. The summed E-state index contributed by atoms with van der Waals surface area (Å²) >= 11 is 0. The van der Waals surface area contributed by atoms with Crippen LogP contribution in [0.4, 0.5) is 4.39 Å². The summed E-state index contributed by atoms with van der Waals surface area (Å²) < 4.78 is 12.9. The van der Waals surface area contributed by atoms with Crippen LogP contribution in [0.5, 0.6) is 0 Å². The van der Waals surface area contributed by atoms with Crippen molar-refractivity contribution in [2.24, 2.45) is 5.73 Å². The molecule has 1 aliphatic carbocycles. The molecule has 3 N–H and O–H groups in total. The standard InChI is InChI=1S/C14H21FN2/c15-12-8-6-11(7-9-12)14(10-16)17-13-4-2-1-3-5-13/h6-9,13-14,17H,1-5,10,16H2. The molecule has 1 fully saturated rings. The van der Waals surface area contributed by atoms with E-state index >= 15 is 0 Å². The van der Waals surface area contributed by atoms with Crippen molar-refractivity contribution < 1.29 is 4.39 Å². The Morgan fingerprint density at radius 1 is 1.18 bits per heavy atom. The molecule has 1 aromatic rings. The molecule has 0 aliphatic heterocycles. The van der Waals surface area contributed by atoms with E-state index in [9.17, 15) is 4.39 Å². The summed E-state index contributed by atoms with van der Waals surface area (Å²) in [5.41, 5.74) is 6.89. The highest BCUT2D eigenvalue weighted by Crippen LogP contribution is 2.21. The third-order valence-corrected chi connectivity index (χ3v) is 3.55. The van der Waals surface area contributed by atoms with E-state index < -0.39 is 0 Å². The smallest absolute Gasteiger partial charge is 0.123 e. The van der Waals surface area contributed by atoms with E-state index in [-0.39, 0.29) is 11.9 Å². The molecule has 3 heteroatoms. The Morgan fingerprint density at radius 2 is 1.82 bits per heavy atom. The number of hydrogen-bond donors (Lipinski definition) is 2. The first-order valence-corrected chi connectivity index (χ1v) is 6.51. The zero-order valence-electron chi connectivity index (χ0n) is 10.2. The topological polar surface area (TPSA) is 38.0 Å². The van der Waals surface area contributed by atoms with Crippen molar-refractivity contribution in [1.29, 1.82) is 0 Å². The molecule has 1 atom stereocenters. The second-order valence-corrected chi connectivity index (χ2v) is 4.84. The van der Waals surface area contributed by atoms with Gasteiger partial charge in [0, 0.05) is 18.6 Å². The van der Waals surface area contributed by atoms with Gasteiger partial charge in [-0.1, -0.05) is 31.4 Å². The zero-order valence-corrected chi connectivity index (χ0v) is 10.2. The Kier molecular flexibility index (Phi) is 4.51. The normalized spacial score (nSPS) is 19.2. The molecule has 0 heterocycles. The molecule has 2 rings (SSSR count). The highest BCUT2D eigenvalue weighted by molar-refractivity contribution is 5.20. The molecule has 2 nitrogen and oxygen atoms in total. The van der Waals surface area contributed by atoms with E-state index in [2.05, 4.69) is 5.32 Å². The van der Waals surface area contributed by atoms with Crippen molar-refractivity contribution in [2.45, 2.75) is 44.2 Å². The zero-order chi connectivity index (χ0) is 12.1. The van der Waals surface area contributed by atoms with Gasteiger partial charge in [-0.15, -0.1) is 0 Å². The molecule has 1 aliphatic rings. The Balaban J connectivity index is 1.97. The van der Waals surface area contributed by atoms with Gasteiger partial charge in [0.25, 0.3) is 0 Å². The molecule has 0 radical (unpaired) electrons. The van der Waals surface area contributed by atoms with Crippen LogP contribution in [0.25, 0.3) is 0 Å². The fraction of sp³-hybridized carbons (Fsp3) is 0.571. The molecule has 1 saturated carbocycles. The first-order valence-electron chi connectivity index (χ1n) is 6.51. The van der Waals surface area contributed by atoms with E-state index in [4.69, 9.17) is 5.73 Å². The Hall–Kier alpha value is -0.930. The van der Waals surface area contributed by atoms with Crippen LogP contribution in [0.3, 0.4) is 0 Å². The number of benzene rings is 1. The molecule has 1 aromatic carbocycles. The second kappa shape index (κ2) is 6.12. The van der Waals surface area contributed by atoms with Gasteiger partial charge in [0.05, 0.1) is 0 Å². The van der Waals surface area contributed by atoms with E-state index in [1.807, 2.05) is 12.1 Å². The van der Waals surface area contributed by atoms with Gasteiger partial charge in [-0.2, -0.15) is 0 Å². The van der Waals surface area contributed by atoms with E-state index in [0.29, 0.717) is 12.6 Å². The second-order valence-electron chi connectivity index (χ2n) is 4.84. The summed E-state index contributed by atoms with van der Waals surface area (Å²) in [6.45, 7) is 0.558. The monoisotopic (exact) mass is 236 g/mol. The lowest BCUT2D eigenvalue weighted by molar-refractivity contribution is 0.340. The average Bonchev–Trinajstić information content (AvgIpc) is 2.38. The van der Waals surface area contributed by atoms with Gasteiger partial charge in [-0.05, 0) is 30.5 Å².